The Morgan fingerprint density at radius 3 is 2.66 bits per heavy atom. The molecular formula is C25H23N5O5. The van der Waals surface area contributed by atoms with Crippen molar-refractivity contribution in [1.29, 1.82) is 0 Å². The van der Waals surface area contributed by atoms with Gasteiger partial charge in [-0.1, -0.05) is 17.3 Å². The minimum absolute atomic E-state index is 0.121. The predicted molar refractivity (Wildman–Crippen MR) is 128 cm³/mol. The molecule has 0 unspecified atom stereocenters. The van der Waals surface area contributed by atoms with Gasteiger partial charge in [-0.2, -0.15) is 10.1 Å². The van der Waals surface area contributed by atoms with Crippen molar-refractivity contribution >= 4 is 5.52 Å². The Morgan fingerprint density at radius 2 is 1.86 bits per heavy atom. The van der Waals surface area contributed by atoms with Crippen molar-refractivity contribution in [2.24, 2.45) is 0 Å². The first-order valence-electron chi connectivity index (χ1n) is 11.0. The van der Waals surface area contributed by atoms with Crippen LogP contribution in [0.4, 0.5) is 0 Å². The summed E-state index contributed by atoms with van der Waals surface area (Å²) in [6.07, 6.45) is 3.36. The fraction of sp³-hybridized carbons (Fsp3) is 0.200. The monoisotopic (exact) mass is 473 g/mol. The van der Waals surface area contributed by atoms with E-state index in [0.717, 1.165) is 5.56 Å². The van der Waals surface area contributed by atoms with E-state index in [-0.39, 0.29) is 12.1 Å². The van der Waals surface area contributed by atoms with Gasteiger partial charge in [-0.05, 0) is 43.3 Å². The zero-order chi connectivity index (χ0) is 24.4. The van der Waals surface area contributed by atoms with Gasteiger partial charge in [-0.15, -0.1) is 0 Å². The minimum Gasteiger partial charge on any atom is -0.497 e. The van der Waals surface area contributed by atoms with Crippen LogP contribution in [0, 0.1) is 0 Å². The predicted octanol–water partition coefficient (Wildman–Crippen LogP) is 3.68. The van der Waals surface area contributed by atoms with E-state index in [4.69, 9.17) is 18.7 Å². The van der Waals surface area contributed by atoms with Crippen molar-refractivity contribution in [3.05, 3.63) is 77.2 Å². The quantitative estimate of drug-likeness (QED) is 0.336. The number of ether oxygens (including phenoxy) is 3. The highest BCUT2D eigenvalue weighted by Crippen LogP contribution is 2.31. The first-order chi connectivity index (χ1) is 17.1. The van der Waals surface area contributed by atoms with Crippen LogP contribution in [0.2, 0.25) is 0 Å². The summed E-state index contributed by atoms with van der Waals surface area (Å²) >= 11 is 0. The zero-order valence-corrected chi connectivity index (χ0v) is 19.5. The third kappa shape index (κ3) is 4.33. The van der Waals surface area contributed by atoms with Crippen LogP contribution >= 0.6 is 0 Å². The highest BCUT2D eigenvalue weighted by atomic mass is 16.5. The molecule has 0 aliphatic heterocycles. The SMILES string of the molecule is CCOc1ccc(-c2noc(Cn3ccn4nc(-c5cccc(OC)c5)cc4c3=O)n2)cc1OC. The van der Waals surface area contributed by atoms with Crippen molar-refractivity contribution < 1.29 is 18.7 Å². The van der Waals surface area contributed by atoms with Crippen LogP contribution in [0.3, 0.4) is 0 Å². The maximum absolute atomic E-state index is 13.1. The summed E-state index contributed by atoms with van der Waals surface area (Å²) < 4.78 is 24.7. The van der Waals surface area contributed by atoms with Crippen LogP contribution in [0.25, 0.3) is 28.2 Å². The lowest BCUT2D eigenvalue weighted by Gasteiger charge is -2.09. The molecule has 0 atom stereocenters. The minimum atomic E-state index is -0.225. The molecule has 0 radical (unpaired) electrons. The first-order valence-corrected chi connectivity index (χ1v) is 11.0. The Morgan fingerprint density at radius 1 is 0.971 bits per heavy atom. The molecule has 0 bridgehead atoms. The smallest absolute Gasteiger partial charge is 0.277 e. The van der Waals surface area contributed by atoms with Gasteiger partial charge in [0.25, 0.3) is 5.56 Å². The molecule has 0 aliphatic carbocycles. The number of hydrogen-bond acceptors (Lipinski definition) is 8. The average molecular weight is 473 g/mol. The molecule has 0 aliphatic rings. The van der Waals surface area contributed by atoms with Gasteiger partial charge in [0.05, 0.1) is 26.5 Å². The summed E-state index contributed by atoms with van der Waals surface area (Å²) in [7, 11) is 3.18. The van der Waals surface area contributed by atoms with Gasteiger partial charge in [0.1, 0.15) is 17.8 Å². The number of rotatable bonds is 8. The lowest BCUT2D eigenvalue weighted by atomic mass is 10.1. The van der Waals surface area contributed by atoms with Gasteiger partial charge < -0.3 is 23.3 Å². The maximum atomic E-state index is 13.1. The second kappa shape index (κ2) is 9.34. The molecule has 0 saturated heterocycles. The topological polar surface area (TPSA) is 106 Å². The van der Waals surface area contributed by atoms with E-state index < -0.39 is 0 Å². The molecule has 0 amide bonds. The number of fused-ring (bicyclic) bond motifs is 1. The van der Waals surface area contributed by atoms with E-state index >= 15 is 0 Å². The van der Waals surface area contributed by atoms with Gasteiger partial charge in [0.15, 0.2) is 11.5 Å². The average Bonchev–Trinajstić information content (AvgIpc) is 3.54. The van der Waals surface area contributed by atoms with Gasteiger partial charge >= 0.3 is 0 Å². The van der Waals surface area contributed by atoms with E-state index in [1.54, 1.807) is 49.3 Å². The molecule has 2 aromatic carbocycles. The van der Waals surface area contributed by atoms with Crippen LogP contribution in [0.15, 0.2) is 70.2 Å². The second-order valence-corrected chi connectivity index (χ2v) is 7.63. The van der Waals surface area contributed by atoms with E-state index in [0.29, 0.717) is 52.3 Å². The Hall–Kier alpha value is -4.60. The van der Waals surface area contributed by atoms with Gasteiger partial charge in [-0.25, -0.2) is 4.52 Å². The molecule has 178 valence electrons. The number of nitrogens with zero attached hydrogens (tertiary/aromatic N) is 5. The summed E-state index contributed by atoms with van der Waals surface area (Å²) in [6, 6.07) is 14.7. The van der Waals surface area contributed by atoms with Crippen molar-refractivity contribution in [2.75, 3.05) is 20.8 Å². The first kappa shape index (κ1) is 22.2. The highest BCUT2D eigenvalue weighted by molar-refractivity contribution is 5.66. The molecule has 0 N–H and O–H groups in total. The normalized spacial score (nSPS) is 11.1. The van der Waals surface area contributed by atoms with E-state index in [1.165, 1.54) is 4.57 Å². The summed E-state index contributed by atoms with van der Waals surface area (Å²) in [6.45, 7) is 2.55. The lowest BCUT2D eigenvalue weighted by molar-refractivity contribution is 0.311. The third-order valence-corrected chi connectivity index (χ3v) is 5.46. The van der Waals surface area contributed by atoms with E-state index in [1.807, 2.05) is 37.3 Å². The van der Waals surface area contributed by atoms with Gasteiger partial charge in [0, 0.05) is 23.5 Å². The van der Waals surface area contributed by atoms with Crippen molar-refractivity contribution in [1.82, 2.24) is 24.3 Å². The Kier molecular flexibility index (Phi) is 5.92. The number of methoxy groups -OCH3 is 2. The second-order valence-electron chi connectivity index (χ2n) is 7.63. The number of hydrogen-bond donors (Lipinski definition) is 0. The lowest BCUT2D eigenvalue weighted by Crippen LogP contribution is -2.21. The van der Waals surface area contributed by atoms with Gasteiger partial charge in [0.2, 0.25) is 11.7 Å². The molecule has 3 aromatic heterocycles. The van der Waals surface area contributed by atoms with Crippen LogP contribution in [-0.4, -0.2) is 45.1 Å². The molecule has 5 rings (SSSR count). The summed E-state index contributed by atoms with van der Waals surface area (Å²) in [4.78, 5) is 17.6. The third-order valence-electron chi connectivity index (χ3n) is 5.46. The molecule has 5 aromatic rings. The van der Waals surface area contributed by atoms with Crippen LogP contribution < -0.4 is 19.8 Å². The summed E-state index contributed by atoms with van der Waals surface area (Å²) in [5.74, 6) is 2.61. The molecule has 0 fully saturated rings. The largest absolute Gasteiger partial charge is 0.497 e. The Bertz CT molecular complexity index is 1550. The molecule has 35 heavy (non-hydrogen) atoms. The molecule has 10 heteroatoms. The van der Waals surface area contributed by atoms with Crippen molar-refractivity contribution in [2.45, 2.75) is 13.5 Å². The van der Waals surface area contributed by atoms with E-state index in [2.05, 4.69) is 15.2 Å². The van der Waals surface area contributed by atoms with Crippen LogP contribution in [0.5, 0.6) is 17.2 Å². The standard InChI is InChI=1S/C25H23N5O5/c1-4-34-21-9-8-17(13-22(21)33-3)24-26-23(35-28-24)15-29-10-11-30-20(25(29)31)14-19(27-30)16-6-5-7-18(12-16)32-2/h5-14H,4,15H2,1-3H3. The maximum Gasteiger partial charge on any atom is 0.277 e. The summed E-state index contributed by atoms with van der Waals surface area (Å²) in [5, 5.41) is 8.58. The van der Waals surface area contributed by atoms with Gasteiger partial charge in [-0.3, -0.25) is 4.79 Å². The number of benzene rings is 2. The van der Waals surface area contributed by atoms with Crippen molar-refractivity contribution in [3.8, 4) is 39.9 Å². The van der Waals surface area contributed by atoms with Crippen LogP contribution in [0.1, 0.15) is 12.8 Å². The van der Waals surface area contributed by atoms with E-state index in [9.17, 15) is 4.79 Å². The Labute approximate surface area is 200 Å². The fourth-order valence-corrected chi connectivity index (χ4v) is 3.74. The fourth-order valence-electron chi connectivity index (χ4n) is 3.74. The van der Waals surface area contributed by atoms with Crippen LogP contribution in [-0.2, 0) is 6.54 Å². The molecular weight excluding hydrogens is 450 g/mol. The molecule has 0 saturated carbocycles. The highest BCUT2D eigenvalue weighted by Gasteiger charge is 2.15. The Balaban J connectivity index is 1.41. The summed E-state index contributed by atoms with van der Waals surface area (Å²) in [5.41, 5.74) is 2.44. The molecule has 3 heterocycles. The molecule has 0 spiro atoms. The van der Waals surface area contributed by atoms with Crippen molar-refractivity contribution in [3.63, 3.8) is 0 Å². The molecule has 10 nitrogen and oxygen atoms in total. The number of aromatic nitrogens is 5. The zero-order valence-electron chi connectivity index (χ0n) is 19.5.